The molecule has 4 N–H and O–H groups in total. The molecular weight excluding hydrogens is 342 g/mol. The zero-order valence-electron chi connectivity index (χ0n) is 13.1. The molecule has 1 aliphatic rings. The van der Waals surface area contributed by atoms with E-state index in [1.807, 2.05) is 0 Å². The van der Waals surface area contributed by atoms with E-state index in [4.69, 9.17) is 12.5 Å². The third kappa shape index (κ3) is 3.99. The molecule has 1 fully saturated rings. The summed E-state index contributed by atoms with van der Waals surface area (Å²) in [5.41, 5.74) is -2.79. The Bertz CT molecular complexity index is 852. The Kier molecular flexibility index (Phi) is 3.93. The molecule has 1 aromatic heterocycles. The summed E-state index contributed by atoms with van der Waals surface area (Å²) in [6.07, 6.45) is -4.19. The number of nitrogens with one attached hydrogen (secondary N) is 1. The second-order valence-corrected chi connectivity index (χ2v) is 5.72. The van der Waals surface area contributed by atoms with Crippen LogP contribution in [0.5, 0.6) is 0 Å². The van der Waals surface area contributed by atoms with Gasteiger partial charge in [0.15, 0.2) is 12.5 Å². The molecule has 128 valence electrons. The number of aliphatic hydroxyl groups excluding tert-OH is 1. The van der Waals surface area contributed by atoms with Crippen LogP contribution in [-0.4, -0.2) is 49.2 Å². The van der Waals surface area contributed by atoms with Gasteiger partial charge in [-0.15, -0.1) is 0 Å². The number of aliphatic hydroxyl groups is 1. The van der Waals surface area contributed by atoms with E-state index in [2.05, 4.69) is 9.26 Å². The molecular formula is C10H12FN2O9P. The van der Waals surface area contributed by atoms with Gasteiger partial charge in [-0.25, -0.2) is 13.8 Å². The molecule has 1 aliphatic heterocycles. The lowest BCUT2D eigenvalue weighted by Crippen LogP contribution is -2.37. The summed E-state index contributed by atoms with van der Waals surface area (Å²) in [7, 11) is -5.46. The van der Waals surface area contributed by atoms with E-state index in [9.17, 15) is 28.4 Å². The van der Waals surface area contributed by atoms with Gasteiger partial charge in [-0.05, 0) is 0 Å². The minimum absolute atomic E-state index is 0.0783. The van der Waals surface area contributed by atoms with Crippen LogP contribution in [-0.2, 0) is 13.8 Å². The molecule has 1 aromatic rings. The fourth-order valence-corrected chi connectivity index (χ4v) is 2.15. The molecule has 11 nitrogen and oxygen atoms in total. The standard InChI is InChI=1S/C10H12FN2O9P/c11-10(4-21-23(18,19)20)1-6(15)8(22-10)13-2-5(3-14)7(16)12-9(13)17/h2-3,6,8,15H,1,4H2,(H,12,16,17)(H2,18,19,20)/t6-,8-,10+/m1/s1/i4D2. The first kappa shape index (κ1) is 14.9. The molecule has 0 aliphatic carbocycles. The van der Waals surface area contributed by atoms with Crippen LogP contribution in [0.15, 0.2) is 15.8 Å². The van der Waals surface area contributed by atoms with Crippen LogP contribution >= 0.6 is 7.82 Å². The number of alkyl halides is 1. The van der Waals surface area contributed by atoms with Crippen LogP contribution in [0.2, 0.25) is 0 Å². The third-order valence-electron chi connectivity index (χ3n) is 2.82. The molecule has 13 heteroatoms. The molecule has 23 heavy (non-hydrogen) atoms. The van der Waals surface area contributed by atoms with E-state index in [1.54, 1.807) is 4.98 Å². The summed E-state index contributed by atoms with van der Waals surface area (Å²) in [6, 6.07) is 0. The summed E-state index contributed by atoms with van der Waals surface area (Å²) < 4.78 is 48.9. The smallest absolute Gasteiger partial charge is 0.388 e. The average Bonchev–Trinajstić information content (AvgIpc) is 2.73. The van der Waals surface area contributed by atoms with Gasteiger partial charge in [-0.2, -0.15) is 0 Å². The Balaban J connectivity index is 2.42. The second kappa shape index (κ2) is 6.07. The van der Waals surface area contributed by atoms with Crippen LogP contribution < -0.4 is 11.2 Å². The van der Waals surface area contributed by atoms with Crippen molar-refractivity contribution in [2.75, 3.05) is 6.56 Å². The first-order chi connectivity index (χ1) is 11.3. The molecule has 0 unspecified atom stereocenters. The minimum Gasteiger partial charge on any atom is -0.388 e. The van der Waals surface area contributed by atoms with Crippen LogP contribution in [0.1, 0.15) is 25.7 Å². The molecule has 3 atom stereocenters. The van der Waals surface area contributed by atoms with Gasteiger partial charge >= 0.3 is 13.5 Å². The van der Waals surface area contributed by atoms with Crippen molar-refractivity contribution in [3.05, 3.63) is 32.6 Å². The Hall–Kier alpha value is -1.69. The minimum atomic E-state index is -5.46. The summed E-state index contributed by atoms with van der Waals surface area (Å²) in [4.78, 5) is 52.8. The number of nitrogens with zero attached hydrogens (tertiary/aromatic N) is 1. The lowest BCUT2D eigenvalue weighted by molar-refractivity contribution is -0.178. The van der Waals surface area contributed by atoms with Gasteiger partial charge in [0.25, 0.3) is 5.56 Å². The Labute approximate surface area is 129 Å². The number of carbonyl (C=O) groups excluding carboxylic acids is 1. The van der Waals surface area contributed by atoms with Crippen molar-refractivity contribution in [1.82, 2.24) is 9.55 Å². The molecule has 0 amide bonds. The number of hydrogen-bond donors (Lipinski definition) is 4. The number of halogens is 1. The molecule has 0 aromatic carbocycles. The summed E-state index contributed by atoms with van der Waals surface area (Å²) in [5, 5.41) is 9.88. The number of phosphoric acid groups is 1. The fraction of sp³-hybridized carbons (Fsp3) is 0.500. The Morgan fingerprint density at radius 3 is 2.87 bits per heavy atom. The van der Waals surface area contributed by atoms with Crippen molar-refractivity contribution in [3.8, 4) is 0 Å². The Morgan fingerprint density at radius 1 is 1.65 bits per heavy atom. The van der Waals surface area contributed by atoms with Gasteiger partial charge in [-0.3, -0.25) is 23.7 Å². The highest BCUT2D eigenvalue weighted by Gasteiger charge is 2.49. The maximum absolute atomic E-state index is 14.7. The van der Waals surface area contributed by atoms with Crippen molar-refractivity contribution in [2.45, 2.75) is 24.6 Å². The zero-order valence-corrected chi connectivity index (χ0v) is 12.0. The highest BCUT2D eigenvalue weighted by atomic mass is 31.2. The molecule has 0 radical (unpaired) electrons. The lowest BCUT2D eigenvalue weighted by atomic mass is 10.2. The third-order valence-corrected chi connectivity index (χ3v) is 3.15. The lowest BCUT2D eigenvalue weighted by Gasteiger charge is -2.21. The predicted molar refractivity (Wildman–Crippen MR) is 69.3 cm³/mol. The summed E-state index contributed by atoms with van der Waals surface area (Å²) in [5.74, 6) is -3.55. The summed E-state index contributed by atoms with van der Waals surface area (Å²) >= 11 is 0. The number of aromatic amines is 1. The van der Waals surface area contributed by atoms with E-state index in [1.165, 1.54) is 0 Å². The topological polar surface area (TPSA) is 168 Å². The molecule has 1 saturated heterocycles. The van der Waals surface area contributed by atoms with E-state index in [-0.39, 0.29) is 6.29 Å². The van der Waals surface area contributed by atoms with E-state index >= 15 is 0 Å². The maximum Gasteiger partial charge on any atom is 0.469 e. The van der Waals surface area contributed by atoms with Crippen LogP contribution in [0, 0.1) is 0 Å². The number of aromatic nitrogens is 2. The molecule has 2 rings (SSSR count). The number of carbonyl (C=O) groups is 1. The van der Waals surface area contributed by atoms with Crippen molar-refractivity contribution in [3.63, 3.8) is 0 Å². The van der Waals surface area contributed by atoms with Gasteiger partial charge in [0.05, 0.1) is 8.30 Å². The normalized spacial score (nSPS) is 29.9. The second-order valence-electron chi connectivity index (χ2n) is 4.56. The average molecular weight is 356 g/mol. The first-order valence-electron chi connectivity index (χ1n) is 6.91. The molecule has 0 saturated carbocycles. The van der Waals surface area contributed by atoms with Gasteiger partial charge in [0.2, 0.25) is 5.85 Å². The number of hydrogen-bond acceptors (Lipinski definition) is 7. The van der Waals surface area contributed by atoms with Gasteiger partial charge in [-0.1, -0.05) is 0 Å². The monoisotopic (exact) mass is 356 g/mol. The maximum atomic E-state index is 14.7. The van der Waals surface area contributed by atoms with E-state index in [0.29, 0.717) is 10.8 Å². The SMILES string of the molecule is [2H]C([2H])(OP(=O)(O)O)[C@]1(F)C[C@@H](O)[C@H](n2cc(C=O)c(=O)[nH]c2=O)O1. The van der Waals surface area contributed by atoms with Gasteiger partial charge in [0.1, 0.15) is 12.7 Å². The number of ether oxygens (including phenoxy) is 1. The van der Waals surface area contributed by atoms with E-state index in [0.717, 1.165) is 0 Å². The Morgan fingerprint density at radius 2 is 2.30 bits per heavy atom. The van der Waals surface area contributed by atoms with Crippen LogP contribution in [0.25, 0.3) is 0 Å². The largest absolute Gasteiger partial charge is 0.469 e. The number of H-pyrrole nitrogens is 1. The van der Waals surface area contributed by atoms with Gasteiger partial charge in [0, 0.05) is 12.6 Å². The highest BCUT2D eigenvalue weighted by Crippen LogP contribution is 2.42. The summed E-state index contributed by atoms with van der Waals surface area (Å²) in [6.45, 7) is -3.69. The highest BCUT2D eigenvalue weighted by molar-refractivity contribution is 7.46. The predicted octanol–water partition coefficient (Wildman–Crippen LogP) is -1.60. The van der Waals surface area contributed by atoms with Crippen molar-refractivity contribution >= 4 is 14.1 Å². The quantitative estimate of drug-likeness (QED) is 0.359. The van der Waals surface area contributed by atoms with E-state index < -0.39 is 55.8 Å². The van der Waals surface area contributed by atoms with Crippen LogP contribution in [0.4, 0.5) is 4.39 Å². The number of aldehydes is 1. The van der Waals surface area contributed by atoms with Crippen molar-refractivity contribution < 1.29 is 40.6 Å². The molecule has 0 spiro atoms. The van der Waals surface area contributed by atoms with Crippen molar-refractivity contribution in [2.24, 2.45) is 0 Å². The number of phosphoric ester groups is 1. The fourth-order valence-electron chi connectivity index (χ4n) is 1.90. The van der Waals surface area contributed by atoms with Gasteiger partial charge < -0.3 is 19.6 Å². The first-order valence-corrected chi connectivity index (χ1v) is 7.44. The van der Waals surface area contributed by atoms with Crippen molar-refractivity contribution in [1.29, 1.82) is 0 Å². The molecule has 2 heterocycles. The number of rotatable bonds is 5. The zero-order chi connectivity index (χ0) is 19.2. The molecule has 0 bridgehead atoms. The van der Waals surface area contributed by atoms with Crippen LogP contribution in [0.3, 0.4) is 0 Å².